The Balaban J connectivity index is 1.58. The molecule has 2 N–H and O–H groups in total. The van der Waals surface area contributed by atoms with Gasteiger partial charge in [0.25, 0.3) is 5.95 Å². The molecule has 0 bridgehead atoms. The molecule has 150 valence electrons. The molecule has 0 saturated carbocycles. The highest BCUT2D eigenvalue weighted by Gasteiger charge is 2.21. The Hall–Kier alpha value is -3.78. The van der Waals surface area contributed by atoms with Crippen molar-refractivity contribution in [3.8, 4) is 5.95 Å². The van der Waals surface area contributed by atoms with E-state index in [0.717, 1.165) is 16.8 Å². The number of fused-ring (bicyclic) bond motifs is 2. The number of carbonyl (C=O) groups is 1. The van der Waals surface area contributed by atoms with Gasteiger partial charge >= 0.3 is 5.97 Å². The third-order valence-corrected chi connectivity index (χ3v) is 5.15. The molecule has 0 aliphatic carbocycles. The fourth-order valence-electron chi connectivity index (χ4n) is 3.64. The summed E-state index contributed by atoms with van der Waals surface area (Å²) in [5.41, 5.74) is 3.85. The fraction of sp³-hybridized carbons (Fsp3) is 0.182. The lowest BCUT2D eigenvalue weighted by atomic mass is 10.1. The summed E-state index contributed by atoms with van der Waals surface area (Å²) in [6, 6.07) is 15.2. The van der Waals surface area contributed by atoms with Crippen LogP contribution in [-0.2, 0) is 24.3 Å². The lowest BCUT2D eigenvalue weighted by Gasteiger charge is -2.20. The molecule has 2 aromatic carbocycles. The maximum Gasteiger partial charge on any atom is 0.336 e. The minimum atomic E-state index is -0.992. The number of carboxylic acid groups (broad SMARTS) is 1. The van der Waals surface area contributed by atoms with Crippen LogP contribution in [0.3, 0.4) is 0 Å². The fourth-order valence-corrected chi connectivity index (χ4v) is 3.64. The van der Waals surface area contributed by atoms with E-state index in [-0.39, 0.29) is 5.56 Å². The number of aromatic carboxylic acids is 1. The first-order valence-corrected chi connectivity index (χ1v) is 9.66. The van der Waals surface area contributed by atoms with Gasteiger partial charge in [0, 0.05) is 23.9 Å². The van der Waals surface area contributed by atoms with Crippen molar-refractivity contribution in [2.45, 2.75) is 19.6 Å². The molecule has 1 aliphatic heterocycles. The lowest BCUT2D eigenvalue weighted by molar-refractivity contribution is 0.0699. The zero-order valence-electron chi connectivity index (χ0n) is 16.1. The highest BCUT2D eigenvalue weighted by Crippen LogP contribution is 2.26. The van der Waals surface area contributed by atoms with Crippen molar-refractivity contribution in [1.29, 1.82) is 0 Å². The number of hydrogen-bond acceptors (Lipinski definition) is 6. The van der Waals surface area contributed by atoms with Crippen molar-refractivity contribution in [2.24, 2.45) is 0 Å². The number of carboxylic acids is 1. The van der Waals surface area contributed by atoms with Gasteiger partial charge in [-0.1, -0.05) is 36.4 Å². The summed E-state index contributed by atoms with van der Waals surface area (Å²) < 4.78 is 7.21. The molecule has 0 spiro atoms. The normalized spacial score (nSPS) is 13.2. The van der Waals surface area contributed by atoms with Gasteiger partial charge < -0.3 is 15.2 Å². The molecule has 4 aromatic rings. The minimum absolute atomic E-state index is 0.201. The summed E-state index contributed by atoms with van der Waals surface area (Å²) in [6.07, 6.45) is 2.23. The van der Waals surface area contributed by atoms with Crippen LogP contribution < -0.4 is 5.32 Å². The SMILES string of the molecule is O=C(O)c1cccc2c1cnn2-c1nc2c(c(NCc3ccccc3)n1)COCC2. The van der Waals surface area contributed by atoms with Crippen molar-refractivity contribution >= 4 is 22.7 Å². The van der Waals surface area contributed by atoms with E-state index in [1.807, 2.05) is 36.4 Å². The Morgan fingerprint density at radius 1 is 1.13 bits per heavy atom. The van der Waals surface area contributed by atoms with Gasteiger partial charge in [0.2, 0.25) is 0 Å². The van der Waals surface area contributed by atoms with Crippen LogP contribution in [0.4, 0.5) is 5.82 Å². The molecule has 8 heteroatoms. The predicted octanol–water partition coefficient (Wildman–Crippen LogP) is 3.20. The number of aromatic nitrogens is 4. The topological polar surface area (TPSA) is 102 Å². The predicted molar refractivity (Wildman–Crippen MR) is 111 cm³/mol. The van der Waals surface area contributed by atoms with Crippen LogP contribution in [0.15, 0.2) is 54.7 Å². The van der Waals surface area contributed by atoms with E-state index < -0.39 is 5.97 Å². The van der Waals surface area contributed by atoms with Crippen molar-refractivity contribution in [1.82, 2.24) is 19.7 Å². The van der Waals surface area contributed by atoms with E-state index in [2.05, 4.69) is 10.4 Å². The van der Waals surface area contributed by atoms with Gasteiger partial charge in [0.15, 0.2) is 0 Å². The molecule has 0 radical (unpaired) electrons. The molecule has 2 aromatic heterocycles. The molecular formula is C22H19N5O3. The van der Waals surface area contributed by atoms with E-state index in [4.69, 9.17) is 14.7 Å². The van der Waals surface area contributed by atoms with Gasteiger partial charge in [-0.25, -0.2) is 9.78 Å². The Kier molecular flexibility index (Phi) is 4.61. The molecule has 8 nitrogen and oxygen atoms in total. The summed E-state index contributed by atoms with van der Waals surface area (Å²) in [4.78, 5) is 21.0. The lowest BCUT2D eigenvalue weighted by Crippen LogP contribution is -2.19. The number of anilines is 1. The second kappa shape index (κ2) is 7.57. The van der Waals surface area contributed by atoms with Gasteiger partial charge in [0.1, 0.15) is 5.82 Å². The first-order chi connectivity index (χ1) is 14.7. The Labute approximate surface area is 172 Å². The molecular weight excluding hydrogens is 382 g/mol. The van der Waals surface area contributed by atoms with Crippen molar-refractivity contribution < 1.29 is 14.6 Å². The van der Waals surface area contributed by atoms with Crippen LogP contribution in [0, 0.1) is 0 Å². The monoisotopic (exact) mass is 401 g/mol. The quantitative estimate of drug-likeness (QED) is 0.529. The third-order valence-electron chi connectivity index (χ3n) is 5.15. The van der Waals surface area contributed by atoms with Gasteiger partial charge in [-0.2, -0.15) is 14.8 Å². The zero-order valence-corrected chi connectivity index (χ0v) is 16.1. The van der Waals surface area contributed by atoms with Crippen LogP contribution in [-0.4, -0.2) is 37.4 Å². The summed E-state index contributed by atoms with van der Waals surface area (Å²) in [7, 11) is 0. The zero-order chi connectivity index (χ0) is 20.5. The van der Waals surface area contributed by atoms with Crippen molar-refractivity contribution in [2.75, 3.05) is 11.9 Å². The smallest absolute Gasteiger partial charge is 0.336 e. The van der Waals surface area contributed by atoms with Crippen LogP contribution in [0.1, 0.15) is 27.2 Å². The van der Waals surface area contributed by atoms with E-state index in [9.17, 15) is 9.90 Å². The second-order valence-electron chi connectivity index (χ2n) is 7.04. The first-order valence-electron chi connectivity index (χ1n) is 9.66. The van der Waals surface area contributed by atoms with Crippen LogP contribution in [0.5, 0.6) is 0 Å². The highest BCUT2D eigenvalue weighted by molar-refractivity contribution is 6.02. The molecule has 0 fully saturated rings. The Morgan fingerprint density at radius 3 is 2.83 bits per heavy atom. The highest BCUT2D eigenvalue weighted by atomic mass is 16.5. The number of hydrogen-bond donors (Lipinski definition) is 2. The maximum absolute atomic E-state index is 11.5. The molecule has 5 rings (SSSR count). The Bertz CT molecular complexity index is 1240. The molecule has 0 atom stereocenters. The molecule has 30 heavy (non-hydrogen) atoms. The van der Waals surface area contributed by atoms with Crippen LogP contribution in [0.2, 0.25) is 0 Å². The van der Waals surface area contributed by atoms with E-state index in [1.165, 1.54) is 0 Å². The standard InChI is InChI=1S/C22H19N5O3/c28-21(29)15-7-4-8-19-16(15)12-24-27(19)22-25-18-9-10-30-13-17(18)20(26-22)23-11-14-5-2-1-3-6-14/h1-8,12H,9-11,13H2,(H,28,29)(H,23,25,26). The number of rotatable bonds is 5. The van der Waals surface area contributed by atoms with Gasteiger partial charge in [-0.15, -0.1) is 0 Å². The van der Waals surface area contributed by atoms with Crippen molar-refractivity contribution in [3.63, 3.8) is 0 Å². The number of ether oxygens (including phenoxy) is 1. The Morgan fingerprint density at radius 2 is 2.00 bits per heavy atom. The van der Waals surface area contributed by atoms with Gasteiger partial charge in [0.05, 0.1) is 36.2 Å². The molecule has 0 amide bonds. The van der Waals surface area contributed by atoms with Crippen LogP contribution in [0.25, 0.3) is 16.9 Å². The summed E-state index contributed by atoms with van der Waals surface area (Å²) >= 11 is 0. The molecule has 0 saturated heterocycles. The van der Waals surface area contributed by atoms with Crippen molar-refractivity contribution in [3.05, 3.63) is 77.1 Å². The number of benzene rings is 2. The van der Waals surface area contributed by atoms with Gasteiger partial charge in [-0.05, 0) is 17.7 Å². The molecule has 0 unspecified atom stereocenters. The van der Waals surface area contributed by atoms with E-state index >= 15 is 0 Å². The minimum Gasteiger partial charge on any atom is -0.478 e. The maximum atomic E-state index is 11.5. The van der Waals surface area contributed by atoms with E-state index in [1.54, 1.807) is 23.0 Å². The summed E-state index contributed by atoms with van der Waals surface area (Å²) in [5.74, 6) is 0.120. The molecule has 1 aliphatic rings. The molecule has 3 heterocycles. The van der Waals surface area contributed by atoms with E-state index in [0.29, 0.717) is 48.8 Å². The van der Waals surface area contributed by atoms with Gasteiger partial charge in [-0.3, -0.25) is 0 Å². The average Bonchev–Trinajstić information content (AvgIpc) is 3.22. The first kappa shape index (κ1) is 18.3. The number of nitrogens with zero attached hydrogens (tertiary/aromatic N) is 4. The summed E-state index contributed by atoms with van der Waals surface area (Å²) in [6.45, 7) is 1.67. The second-order valence-corrected chi connectivity index (χ2v) is 7.04. The third kappa shape index (κ3) is 3.27. The number of nitrogens with one attached hydrogen (secondary N) is 1. The largest absolute Gasteiger partial charge is 0.478 e. The average molecular weight is 401 g/mol. The summed E-state index contributed by atoms with van der Waals surface area (Å²) in [5, 5.41) is 17.8. The van der Waals surface area contributed by atoms with Crippen LogP contribution >= 0.6 is 0 Å².